The summed E-state index contributed by atoms with van der Waals surface area (Å²) in [5.41, 5.74) is 3.63. The summed E-state index contributed by atoms with van der Waals surface area (Å²) in [6.45, 7) is 5.23. The highest BCUT2D eigenvalue weighted by Crippen LogP contribution is 2.33. The van der Waals surface area contributed by atoms with E-state index in [1.165, 1.54) is 55.4 Å². The number of H-pyrrole nitrogens is 1. The number of aromatic amines is 1. The van der Waals surface area contributed by atoms with Gasteiger partial charge in [-0.15, -0.1) is 0 Å². The molecule has 5 rings (SSSR count). The molecule has 0 spiro atoms. The molecule has 1 N–H and O–H groups in total. The average Bonchev–Trinajstić information content (AvgIpc) is 3.33. The van der Waals surface area contributed by atoms with Crippen LogP contribution in [0.5, 0.6) is 0 Å². The Morgan fingerprint density at radius 1 is 0.971 bits per heavy atom. The van der Waals surface area contributed by atoms with Gasteiger partial charge in [-0.05, 0) is 99.0 Å². The number of nitrogens with one attached hydrogen (secondary N) is 1. The lowest BCUT2D eigenvalue weighted by molar-refractivity contribution is -0.127. The summed E-state index contributed by atoms with van der Waals surface area (Å²) in [5, 5.41) is 2.42. The van der Waals surface area contributed by atoms with E-state index >= 15 is 0 Å². The number of aromatic nitrogens is 1. The third-order valence-corrected chi connectivity index (χ3v) is 8.53. The van der Waals surface area contributed by atoms with Gasteiger partial charge in [0.1, 0.15) is 0 Å². The number of piperidine rings is 2. The summed E-state index contributed by atoms with van der Waals surface area (Å²) in [6.07, 6.45) is 11.6. The lowest BCUT2D eigenvalue weighted by atomic mass is 9.88. The SMILES string of the molecule is O=C(/C=C/c1ccc(Cl)c(Cl)c1)N1CCC(CCN2CCC(c3c[nH]c4ccccc34)CC2)CC1. The number of carbonyl (C=O) groups is 1. The Morgan fingerprint density at radius 2 is 1.74 bits per heavy atom. The molecule has 2 aromatic carbocycles. The molecular formula is C29H33Cl2N3O. The fourth-order valence-electron chi connectivity index (χ4n) is 5.60. The Bertz CT molecular complexity index is 1190. The number of benzene rings is 2. The maximum absolute atomic E-state index is 12.6. The van der Waals surface area contributed by atoms with Crippen molar-refractivity contribution in [1.82, 2.24) is 14.8 Å². The first-order valence-electron chi connectivity index (χ1n) is 12.8. The largest absolute Gasteiger partial charge is 0.361 e. The van der Waals surface area contributed by atoms with Gasteiger partial charge >= 0.3 is 0 Å². The zero-order valence-electron chi connectivity index (χ0n) is 20.1. The second-order valence-electron chi connectivity index (χ2n) is 9.97. The van der Waals surface area contributed by atoms with Crippen LogP contribution in [0.3, 0.4) is 0 Å². The molecule has 4 nitrogen and oxygen atoms in total. The van der Waals surface area contributed by atoms with E-state index in [2.05, 4.69) is 40.3 Å². The van der Waals surface area contributed by atoms with Crippen molar-refractivity contribution in [3.63, 3.8) is 0 Å². The van der Waals surface area contributed by atoms with Gasteiger partial charge in [0.15, 0.2) is 0 Å². The van der Waals surface area contributed by atoms with Crippen LogP contribution in [0.2, 0.25) is 10.0 Å². The molecule has 184 valence electrons. The smallest absolute Gasteiger partial charge is 0.246 e. The number of hydrogen-bond donors (Lipinski definition) is 1. The molecule has 1 aromatic heterocycles. The minimum atomic E-state index is 0.0777. The van der Waals surface area contributed by atoms with Crippen molar-refractivity contribution < 1.29 is 4.79 Å². The van der Waals surface area contributed by atoms with Gasteiger partial charge in [-0.1, -0.05) is 47.5 Å². The molecule has 2 aliphatic rings. The molecule has 2 aliphatic heterocycles. The van der Waals surface area contributed by atoms with Crippen molar-refractivity contribution in [2.45, 2.75) is 38.0 Å². The molecule has 1 amide bonds. The van der Waals surface area contributed by atoms with Gasteiger partial charge in [-0.2, -0.15) is 0 Å². The molecule has 0 aliphatic carbocycles. The predicted octanol–water partition coefficient (Wildman–Crippen LogP) is 7.00. The van der Waals surface area contributed by atoms with Crippen molar-refractivity contribution in [3.05, 3.63) is 75.9 Å². The van der Waals surface area contributed by atoms with Gasteiger partial charge in [0.05, 0.1) is 10.0 Å². The van der Waals surface area contributed by atoms with Crippen LogP contribution in [-0.2, 0) is 4.79 Å². The Hall–Kier alpha value is -2.27. The van der Waals surface area contributed by atoms with Crippen molar-refractivity contribution in [1.29, 1.82) is 0 Å². The van der Waals surface area contributed by atoms with Gasteiger partial charge in [-0.25, -0.2) is 0 Å². The van der Waals surface area contributed by atoms with E-state index in [-0.39, 0.29) is 5.91 Å². The van der Waals surface area contributed by atoms with E-state index in [1.807, 2.05) is 17.0 Å². The minimum absolute atomic E-state index is 0.0777. The molecule has 0 radical (unpaired) electrons. The first kappa shape index (κ1) is 24.4. The maximum atomic E-state index is 12.6. The number of nitrogens with zero attached hydrogens (tertiary/aromatic N) is 2. The number of carbonyl (C=O) groups excluding carboxylic acids is 1. The van der Waals surface area contributed by atoms with Crippen molar-refractivity contribution in [2.24, 2.45) is 5.92 Å². The summed E-state index contributed by atoms with van der Waals surface area (Å²) in [7, 11) is 0. The zero-order valence-corrected chi connectivity index (χ0v) is 21.6. The molecule has 35 heavy (non-hydrogen) atoms. The third kappa shape index (κ3) is 5.94. The minimum Gasteiger partial charge on any atom is -0.361 e. The molecule has 2 fully saturated rings. The Balaban J connectivity index is 1.03. The van der Waals surface area contributed by atoms with Gasteiger partial charge in [0.2, 0.25) is 5.91 Å². The van der Waals surface area contributed by atoms with Crippen molar-refractivity contribution in [3.8, 4) is 0 Å². The van der Waals surface area contributed by atoms with Crippen molar-refractivity contribution >= 4 is 46.1 Å². The summed E-state index contributed by atoms with van der Waals surface area (Å²) in [4.78, 5) is 20.7. The van der Waals surface area contributed by atoms with Gasteiger partial charge in [0.25, 0.3) is 0 Å². The van der Waals surface area contributed by atoms with Gasteiger partial charge < -0.3 is 14.8 Å². The molecule has 0 unspecified atom stereocenters. The number of likely N-dealkylation sites (tertiary alicyclic amines) is 2. The Kier molecular flexibility index (Phi) is 7.81. The third-order valence-electron chi connectivity index (χ3n) is 7.79. The lowest BCUT2D eigenvalue weighted by Crippen LogP contribution is -2.39. The van der Waals surface area contributed by atoms with Gasteiger partial charge in [-0.3, -0.25) is 4.79 Å². The number of fused-ring (bicyclic) bond motifs is 1. The van der Waals surface area contributed by atoms with Crippen LogP contribution in [-0.4, -0.2) is 53.4 Å². The Morgan fingerprint density at radius 3 is 2.51 bits per heavy atom. The topological polar surface area (TPSA) is 39.3 Å². The lowest BCUT2D eigenvalue weighted by Gasteiger charge is -2.35. The number of amides is 1. The monoisotopic (exact) mass is 509 g/mol. The second kappa shape index (κ2) is 11.2. The van der Waals surface area contributed by atoms with Gasteiger partial charge in [0, 0.05) is 36.3 Å². The normalized spacial score (nSPS) is 18.6. The molecule has 6 heteroatoms. The van der Waals surface area contributed by atoms with Crippen LogP contribution in [0.1, 0.15) is 49.1 Å². The molecule has 0 saturated carbocycles. The van der Waals surface area contributed by atoms with Crippen LogP contribution in [0.4, 0.5) is 0 Å². The summed E-state index contributed by atoms with van der Waals surface area (Å²) < 4.78 is 0. The fraction of sp³-hybridized carbons (Fsp3) is 0.414. The van der Waals surface area contributed by atoms with E-state index in [0.29, 0.717) is 21.9 Å². The highest BCUT2D eigenvalue weighted by atomic mass is 35.5. The molecule has 0 bridgehead atoms. The van der Waals surface area contributed by atoms with Crippen molar-refractivity contribution in [2.75, 3.05) is 32.7 Å². The van der Waals surface area contributed by atoms with Crippen LogP contribution in [0.25, 0.3) is 17.0 Å². The van der Waals surface area contributed by atoms with E-state index < -0.39 is 0 Å². The van der Waals surface area contributed by atoms with E-state index in [9.17, 15) is 4.79 Å². The molecule has 2 saturated heterocycles. The average molecular weight is 511 g/mol. The highest BCUT2D eigenvalue weighted by molar-refractivity contribution is 6.42. The molecule has 0 atom stereocenters. The van der Waals surface area contributed by atoms with E-state index in [0.717, 1.165) is 31.5 Å². The first-order valence-corrected chi connectivity index (χ1v) is 13.5. The maximum Gasteiger partial charge on any atom is 0.246 e. The highest BCUT2D eigenvalue weighted by Gasteiger charge is 2.25. The Labute approximate surface area is 217 Å². The van der Waals surface area contributed by atoms with E-state index in [4.69, 9.17) is 23.2 Å². The second-order valence-corrected chi connectivity index (χ2v) is 10.8. The summed E-state index contributed by atoms with van der Waals surface area (Å²) in [6, 6.07) is 14.0. The van der Waals surface area contributed by atoms with Crippen LogP contribution < -0.4 is 0 Å². The zero-order chi connectivity index (χ0) is 24.2. The quantitative estimate of drug-likeness (QED) is 0.363. The first-order chi connectivity index (χ1) is 17.1. The number of rotatable bonds is 6. The number of para-hydroxylation sites is 1. The van der Waals surface area contributed by atoms with Crippen LogP contribution >= 0.6 is 23.2 Å². The summed E-state index contributed by atoms with van der Waals surface area (Å²) in [5.74, 6) is 1.45. The van der Waals surface area contributed by atoms with Crippen LogP contribution in [0, 0.1) is 5.92 Å². The number of halogens is 2. The standard InChI is InChI=1S/C29H33Cl2N3O/c30-26-7-5-22(19-27(26)31)6-8-29(35)34-17-10-21(11-18-34)9-14-33-15-12-23(13-16-33)25-20-32-28-4-2-1-3-24(25)28/h1-8,19-21,23,32H,9-18H2/b8-6+. The number of hydrogen-bond acceptors (Lipinski definition) is 2. The predicted molar refractivity (Wildman–Crippen MR) is 146 cm³/mol. The summed E-state index contributed by atoms with van der Waals surface area (Å²) >= 11 is 12.0. The van der Waals surface area contributed by atoms with E-state index in [1.54, 1.807) is 18.2 Å². The molecule has 3 heterocycles. The fourth-order valence-corrected chi connectivity index (χ4v) is 5.90. The molecule has 3 aromatic rings. The van der Waals surface area contributed by atoms with Crippen LogP contribution in [0.15, 0.2) is 54.7 Å². The molecular weight excluding hydrogens is 477 g/mol.